The lowest BCUT2D eigenvalue weighted by molar-refractivity contribution is 0.214. The smallest absolute Gasteiger partial charge is 0.00106 e. The normalized spacial score (nSPS) is 12.3. The first-order valence-electron chi connectivity index (χ1n) is 8.33. The molecule has 0 spiro atoms. The first-order chi connectivity index (χ1) is 8.60. The highest BCUT2D eigenvalue weighted by Crippen LogP contribution is 2.32. The summed E-state index contributed by atoms with van der Waals surface area (Å²) < 4.78 is 0. The van der Waals surface area contributed by atoms with Gasteiger partial charge in [-0.05, 0) is 24.7 Å². The van der Waals surface area contributed by atoms with Gasteiger partial charge in [0.15, 0.2) is 0 Å². The quantitative estimate of drug-likeness (QED) is 0.451. The summed E-state index contributed by atoms with van der Waals surface area (Å²) in [5, 5.41) is 3.65. The maximum Gasteiger partial charge on any atom is 0.00106 e. The predicted molar refractivity (Wildman–Crippen MR) is 84.1 cm³/mol. The third kappa shape index (κ3) is 8.13. The number of unbranched alkanes of at least 4 members (excludes halogenated alkanes) is 5. The van der Waals surface area contributed by atoms with Crippen LogP contribution in [0.4, 0.5) is 0 Å². The number of nitrogens with one attached hydrogen (secondary N) is 1. The first-order valence-corrected chi connectivity index (χ1v) is 8.33. The van der Waals surface area contributed by atoms with Crippen molar-refractivity contribution in [1.82, 2.24) is 5.32 Å². The van der Waals surface area contributed by atoms with E-state index < -0.39 is 0 Å². The van der Waals surface area contributed by atoms with Crippen molar-refractivity contribution in [3.63, 3.8) is 0 Å². The lowest BCUT2D eigenvalue weighted by Crippen LogP contribution is -2.37. The van der Waals surface area contributed by atoms with Gasteiger partial charge in [-0.25, -0.2) is 0 Å². The standard InChI is InChI=1S/C17H37N/c1-6-9-10-11-12-13-14-17(7-2,8-3)15-18-16(4)5/h16,18H,6-15H2,1-5H3. The van der Waals surface area contributed by atoms with Gasteiger partial charge in [-0.1, -0.05) is 73.1 Å². The molecule has 0 aliphatic heterocycles. The molecule has 0 saturated carbocycles. The van der Waals surface area contributed by atoms with E-state index in [1.807, 2.05) is 0 Å². The van der Waals surface area contributed by atoms with Crippen LogP contribution in [-0.2, 0) is 0 Å². The van der Waals surface area contributed by atoms with E-state index in [-0.39, 0.29) is 0 Å². The van der Waals surface area contributed by atoms with Gasteiger partial charge in [0.25, 0.3) is 0 Å². The lowest BCUT2D eigenvalue weighted by atomic mass is 9.77. The van der Waals surface area contributed by atoms with E-state index in [2.05, 4.69) is 39.9 Å². The van der Waals surface area contributed by atoms with E-state index in [0.29, 0.717) is 11.5 Å². The molecule has 0 unspecified atom stereocenters. The molecule has 0 aromatic rings. The summed E-state index contributed by atoms with van der Waals surface area (Å²) in [6, 6.07) is 0.618. The van der Waals surface area contributed by atoms with Gasteiger partial charge in [-0.15, -0.1) is 0 Å². The SMILES string of the molecule is CCCCCCCCC(CC)(CC)CNC(C)C. The Bertz CT molecular complexity index is 170. The van der Waals surface area contributed by atoms with Crippen molar-refractivity contribution in [3.8, 4) is 0 Å². The molecule has 0 bridgehead atoms. The van der Waals surface area contributed by atoms with Gasteiger partial charge in [0, 0.05) is 12.6 Å². The maximum atomic E-state index is 3.65. The zero-order valence-corrected chi connectivity index (χ0v) is 13.6. The van der Waals surface area contributed by atoms with E-state index in [1.54, 1.807) is 0 Å². The zero-order valence-electron chi connectivity index (χ0n) is 13.6. The second-order valence-electron chi connectivity index (χ2n) is 6.26. The van der Waals surface area contributed by atoms with E-state index in [4.69, 9.17) is 0 Å². The molecule has 1 nitrogen and oxygen atoms in total. The molecule has 0 radical (unpaired) electrons. The average Bonchev–Trinajstić information content (AvgIpc) is 2.37. The van der Waals surface area contributed by atoms with E-state index >= 15 is 0 Å². The van der Waals surface area contributed by atoms with Crippen LogP contribution in [-0.4, -0.2) is 12.6 Å². The Labute approximate surface area is 116 Å². The third-order valence-electron chi connectivity index (χ3n) is 4.45. The second-order valence-corrected chi connectivity index (χ2v) is 6.26. The predicted octanol–water partition coefficient (Wildman–Crippen LogP) is 5.54. The minimum Gasteiger partial charge on any atom is -0.314 e. The van der Waals surface area contributed by atoms with Crippen molar-refractivity contribution in [2.45, 2.75) is 98.4 Å². The van der Waals surface area contributed by atoms with Crippen LogP contribution >= 0.6 is 0 Å². The molecule has 0 aromatic carbocycles. The molecule has 0 amide bonds. The molecule has 0 aliphatic rings. The maximum absolute atomic E-state index is 3.65. The largest absolute Gasteiger partial charge is 0.314 e. The highest BCUT2D eigenvalue weighted by atomic mass is 14.9. The van der Waals surface area contributed by atoms with Gasteiger partial charge in [-0.2, -0.15) is 0 Å². The van der Waals surface area contributed by atoms with Crippen LogP contribution in [0.25, 0.3) is 0 Å². The van der Waals surface area contributed by atoms with Crippen LogP contribution in [0.3, 0.4) is 0 Å². The lowest BCUT2D eigenvalue weighted by Gasteiger charge is -2.33. The van der Waals surface area contributed by atoms with Crippen LogP contribution in [0.15, 0.2) is 0 Å². The first kappa shape index (κ1) is 18.0. The van der Waals surface area contributed by atoms with Crippen molar-refractivity contribution in [1.29, 1.82) is 0 Å². The Morgan fingerprint density at radius 2 is 1.39 bits per heavy atom. The second kappa shape index (κ2) is 10.8. The molecule has 0 atom stereocenters. The molecule has 0 rings (SSSR count). The van der Waals surface area contributed by atoms with Gasteiger partial charge < -0.3 is 5.32 Å². The summed E-state index contributed by atoms with van der Waals surface area (Å²) in [5.41, 5.74) is 0.551. The molecule has 0 heterocycles. The number of rotatable bonds is 12. The van der Waals surface area contributed by atoms with E-state index in [1.165, 1.54) is 64.3 Å². The fourth-order valence-electron chi connectivity index (χ4n) is 2.64. The molecule has 0 aromatic heterocycles. The van der Waals surface area contributed by atoms with Crippen molar-refractivity contribution in [2.24, 2.45) is 5.41 Å². The molecule has 1 N–H and O–H groups in total. The van der Waals surface area contributed by atoms with Crippen LogP contribution < -0.4 is 5.32 Å². The van der Waals surface area contributed by atoms with Crippen LogP contribution in [0.1, 0.15) is 92.4 Å². The van der Waals surface area contributed by atoms with Gasteiger partial charge >= 0.3 is 0 Å². The Hall–Kier alpha value is -0.0400. The Balaban J connectivity index is 3.87. The van der Waals surface area contributed by atoms with Gasteiger partial charge in [0.2, 0.25) is 0 Å². The summed E-state index contributed by atoms with van der Waals surface area (Å²) in [4.78, 5) is 0. The number of hydrogen-bond acceptors (Lipinski definition) is 1. The van der Waals surface area contributed by atoms with Gasteiger partial charge in [-0.3, -0.25) is 0 Å². The van der Waals surface area contributed by atoms with Crippen LogP contribution in [0.2, 0.25) is 0 Å². The molecule has 1 heteroatoms. The van der Waals surface area contributed by atoms with E-state index in [9.17, 15) is 0 Å². The van der Waals surface area contributed by atoms with Crippen LogP contribution in [0, 0.1) is 5.41 Å². The summed E-state index contributed by atoms with van der Waals surface area (Å²) in [5.74, 6) is 0. The highest BCUT2D eigenvalue weighted by Gasteiger charge is 2.25. The van der Waals surface area contributed by atoms with Gasteiger partial charge in [0.05, 0.1) is 0 Å². The molecular weight excluding hydrogens is 218 g/mol. The molecule has 0 aliphatic carbocycles. The minimum absolute atomic E-state index is 0.551. The molecule has 0 fully saturated rings. The average molecular weight is 255 g/mol. The topological polar surface area (TPSA) is 12.0 Å². The molecule has 18 heavy (non-hydrogen) atoms. The number of hydrogen-bond donors (Lipinski definition) is 1. The minimum atomic E-state index is 0.551. The van der Waals surface area contributed by atoms with Crippen molar-refractivity contribution in [2.75, 3.05) is 6.54 Å². The summed E-state index contributed by atoms with van der Waals surface area (Å²) in [7, 11) is 0. The van der Waals surface area contributed by atoms with Crippen molar-refractivity contribution in [3.05, 3.63) is 0 Å². The van der Waals surface area contributed by atoms with Crippen LogP contribution in [0.5, 0.6) is 0 Å². The Morgan fingerprint density at radius 1 is 0.833 bits per heavy atom. The highest BCUT2D eigenvalue weighted by molar-refractivity contribution is 4.79. The Kier molecular flexibility index (Phi) is 10.8. The molecule has 0 saturated heterocycles. The third-order valence-corrected chi connectivity index (χ3v) is 4.45. The monoisotopic (exact) mass is 255 g/mol. The summed E-state index contributed by atoms with van der Waals surface area (Å²) >= 11 is 0. The fourth-order valence-corrected chi connectivity index (χ4v) is 2.64. The zero-order chi connectivity index (χ0) is 13.9. The van der Waals surface area contributed by atoms with Gasteiger partial charge in [0.1, 0.15) is 0 Å². The Morgan fingerprint density at radius 3 is 1.89 bits per heavy atom. The fraction of sp³-hybridized carbons (Fsp3) is 1.00. The van der Waals surface area contributed by atoms with E-state index in [0.717, 1.165) is 0 Å². The molecular formula is C17H37N. The summed E-state index contributed by atoms with van der Waals surface area (Å²) in [6.07, 6.45) is 12.5. The van der Waals surface area contributed by atoms with Crippen molar-refractivity contribution < 1.29 is 0 Å². The summed E-state index contributed by atoms with van der Waals surface area (Å²) in [6.45, 7) is 12.7. The van der Waals surface area contributed by atoms with Crippen molar-refractivity contribution >= 4 is 0 Å². The molecule has 110 valence electrons.